The number of rotatable bonds is 7. The first-order chi connectivity index (χ1) is 14.7. The van der Waals surface area contributed by atoms with Crippen LogP contribution in [0.5, 0.6) is 11.5 Å². The van der Waals surface area contributed by atoms with Gasteiger partial charge in [-0.25, -0.2) is 8.42 Å². The number of benzene rings is 3. The van der Waals surface area contributed by atoms with Gasteiger partial charge >= 0.3 is 0 Å². The maximum Gasteiger partial charge on any atom is 0.263 e. The van der Waals surface area contributed by atoms with E-state index in [9.17, 15) is 13.2 Å². The van der Waals surface area contributed by atoms with Crippen molar-refractivity contribution in [1.29, 1.82) is 0 Å². The number of nitrogens with one attached hydrogen (secondary N) is 2. The molecule has 1 amide bonds. The fraction of sp³-hybridized carbons (Fsp3) is 0.0952. The Balaban J connectivity index is 1.88. The van der Waals surface area contributed by atoms with E-state index in [-0.39, 0.29) is 20.5 Å². The lowest BCUT2D eigenvalue weighted by Crippen LogP contribution is -2.17. The number of carbonyl (C=O) groups is 1. The van der Waals surface area contributed by atoms with Crippen LogP contribution in [0.2, 0.25) is 10.0 Å². The molecule has 2 N–H and O–H groups in total. The highest BCUT2D eigenvalue weighted by Gasteiger charge is 2.23. The van der Waals surface area contributed by atoms with Crippen molar-refractivity contribution in [2.75, 3.05) is 24.3 Å². The van der Waals surface area contributed by atoms with Crippen molar-refractivity contribution in [1.82, 2.24) is 0 Å². The zero-order valence-electron chi connectivity index (χ0n) is 16.5. The van der Waals surface area contributed by atoms with Gasteiger partial charge < -0.3 is 14.8 Å². The van der Waals surface area contributed by atoms with Gasteiger partial charge in [-0.3, -0.25) is 9.52 Å². The molecule has 0 radical (unpaired) electrons. The van der Waals surface area contributed by atoms with E-state index in [4.69, 9.17) is 32.7 Å². The highest BCUT2D eigenvalue weighted by atomic mass is 35.5. The van der Waals surface area contributed by atoms with Crippen LogP contribution in [-0.4, -0.2) is 28.5 Å². The first-order valence-corrected chi connectivity index (χ1v) is 11.1. The molecular weight excluding hydrogens is 463 g/mol. The molecule has 31 heavy (non-hydrogen) atoms. The monoisotopic (exact) mass is 480 g/mol. The average Bonchev–Trinajstić information content (AvgIpc) is 2.74. The summed E-state index contributed by atoms with van der Waals surface area (Å²) in [5, 5.41) is 2.55. The third-order valence-corrected chi connectivity index (χ3v) is 6.40. The third-order valence-electron chi connectivity index (χ3n) is 4.25. The second kappa shape index (κ2) is 9.47. The summed E-state index contributed by atoms with van der Waals surface area (Å²) in [5.41, 5.74) is 0.741. The van der Waals surface area contributed by atoms with Gasteiger partial charge in [0.25, 0.3) is 15.9 Å². The Morgan fingerprint density at radius 1 is 0.806 bits per heavy atom. The van der Waals surface area contributed by atoms with E-state index in [1.54, 1.807) is 36.4 Å². The number of anilines is 2. The molecule has 162 valence electrons. The smallest absolute Gasteiger partial charge is 0.263 e. The summed E-state index contributed by atoms with van der Waals surface area (Å²) in [6.07, 6.45) is 0. The lowest BCUT2D eigenvalue weighted by atomic mass is 10.2. The minimum Gasteiger partial charge on any atom is -0.497 e. The fourth-order valence-electron chi connectivity index (χ4n) is 2.65. The average molecular weight is 481 g/mol. The van der Waals surface area contributed by atoms with E-state index in [2.05, 4.69) is 10.0 Å². The molecule has 0 aliphatic heterocycles. The Hall–Kier alpha value is -2.94. The standard InChI is InChI=1S/C21H18Cl2N2O5S/c1-29-15-7-3-13(4-8-15)24-21(26)17-11-20(19(23)12-18(17)22)31(27,28)25-14-5-9-16(30-2)10-6-14/h3-12,25H,1-2H3,(H,24,26). The SMILES string of the molecule is COc1ccc(NC(=O)c2cc(S(=O)(=O)Nc3ccc(OC)cc3)c(Cl)cc2Cl)cc1. The first kappa shape index (κ1) is 22.7. The Morgan fingerprint density at radius 3 is 1.84 bits per heavy atom. The van der Waals surface area contributed by atoms with E-state index in [1.807, 2.05) is 0 Å². The molecule has 0 spiro atoms. The van der Waals surface area contributed by atoms with Crippen LogP contribution < -0.4 is 19.5 Å². The van der Waals surface area contributed by atoms with Gasteiger partial charge in [0.2, 0.25) is 0 Å². The largest absolute Gasteiger partial charge is 0.497 e. The van der Waals surface area contributed by atoms with Crippen LogP contribution in [-0.2, 0) is 10.0 Å². The lowest BCUT2D eigenvalue weighted by molar-refractivity contribution is 0.102. The van der Waals surface area contributed by atoms with E-state index in [0.717, 1.165) is 6.07 Å². The predicted octanol–water partition coefficient (Wildman–Crippen LogP) is 5.06. The van der Waals surface area contributed by atoms with Crippen molar-refractivity contribution in [3.8, 4) is 11.5 Å². The molecule has 0 bridgehead atoms. The van der Waals surface area contributed by atoms with Gasteiger partial charge in [0, 0.05) is 11.4 Å². The molecular formula is C21H18Cl2N2O5S. The molecule has 10 heteroatoms. The zero-order chi connectivity index (χ0) is 22.6. The molecule has 0 saturated carbocycles. The predicted molar refractivity (Wildman–Crippen MR) is 121 cm³/mol. The van der Waals surface area contributed by atoms with Crippen molar-refractivity contribution in [3.63, 3.8) is 0 Å². The summed E-state index contributed by atoms with van der Waals surface area (Å²) >= 11 is 12.3. The van der Waals surface area contributed by atoms with Crippen molar-refractivity contribution in [3.05, 3.63) is 76.3 Å². The molecule has 0 saturated heterocycles. The zero-order valence-corrected chi connectivity index (χ0v) is 18.8. The number of hydrogen-bond donors (Lipinski definition) is 2. The van der Waals surface area contributed by atoms with E-state index >= 15 is 0 Å². The number of ether oxygens (including phenoxy) is 2. The third kappa shape index (κ3) is 5.41. The van der Waals surface area contributed by atoms with Gasteiger partial charge in [-0.15, -0.1) is 0 Å². The number of amides is 1. The molecule has 3 aromatic carbocycles. The number of halogens is 2. The Bertz CT molecular complexity index is 1200. The Kier molecular flexibility index (Phi) is 6.94. The fourth-order valence-corrected chi connectivity index (χ4v) is 4.57. The summed E-state index contributed by atoms with van der Waals surface area (Å²) in [6.45, 7) is 0. The molecule has 0 aliphatic rings. The highest BCUT2D eigenvalue weighted by molar-refractivity contribution is 7.92. The van der Waals surface area contributed by atoms with Crippen molar-refractivity contribution in [2.24, 2.45) is 0 Å². The normalized spacial score (nSPS) is 11.0. The van der Waals surface area contributed by atoms with Crippen molar-refractivity contribution < 1.29 is 22.7 Å². The van der Waals surface area contributed by atoms with Crippen LogP contribution in [0.3, 0.4) is 0 Å². The van der Waals surface area contributed by atoms with Gasteiger partial charge in [0.15, 0.2) is 0 Å². The highest BCUT2D eigenvalue weighted by Crippen LogP contribution is 2.31. The maximum atomic E-state index is 12.9. The van der Waals surface area contributed by atoms with E-state index in [1.165, 1.54) is 32.4 Å². The minimum atomic E-state index is -4.10. The number of sulfonamides is 1. The summed E-state index contributed by atoms with van der Waals surface area (Å²) < 4.78 is 38.3. The lowest BCUT2D eigenvalue weighted by Gasteiger charge is -2.13. The minimum absolute atomic E-state index is 0.0133. The second-order valence-corrected chi connectivity index (χ2v) is 8.74. The van der Waals surface area contributed by atoms with Gasteiger partial charge in [-0.2, -0.15) is 0 Å². The van der Waals surface area contributed by atoms with Crippen LogP contribution in [0.1, 0.15) is 10.4 Å². The molecule has 0 aromatic heterocycles. The van der Waals surface area contributed by atoms with Crippen LogP contribution in [0.25, 0.3) is 0 Å². The molecule has 3 rings (SSSR count). The van der Waals surface area contributed by atoms with Gasteiger partial charge in [0.05, 0.1) is 29.8 Å². The second-order valence-electron chi connectivity index (χ2n) is 6.28. The van der Waals surface area contributed by atoms with Crippen LogP contribution >= 0.6 is 23.2 Å². The molecule has 3 aromatic rings. The topological polar surface area (TPSA) is 93.7 Å². The maximum absolute atomic E-state index is 12.9. The molecule has 0 unspecified atom stereocenters. The van der Waals surface area contributed by atoms with Crippen molar-refractivity contribution in [2.45, 2.75) is 4.90 Å². The number of hydrogen-bond acceptors (Lipinski definition) is 5. The van der Waals surface area contributed by atoms with Gasteiger partial charge in [-0.05, 0) is 60.7 Å². The summed E-state index contributed by atoms with van der Waals surface area (Å²) in [7, 11) is -1.06. The van der Waals surface area contributed by atoms with Crippen LogP contribution in [0, 0.1) is 0 Å². The number of methoxy groups -OCH3 is 2. The van der Waals surface area contributed by atoms with E-state index < -0.39 is 15.9 Å². The molecule has 0 aliphatic carbocycles. The summed E-state index contributed by atoms with van der Waals surface area (Å²) in [4.78, 5) is 12.4. The van der Waals surface area contributed by atoms with Crippen LogP contribution in [0.4, 0.5) is 11.4 Å². The first-order valence-electron chi connectivity index (χ1n) is 8.85. The molecule has 0 atom stereocenters. The van der Waals surface area contributed by atoms with Crippen molar-refractivity contribution >= 4 is 50.5 Å². The molecule has 0 heterocycles. The molecule has 7 nitrogen and oxygen atoms in total. The Morgan fingerprint density at radius 2 is 1.32 bits per heavy atom. The van der Waals surface area contributed by atoms with Gasteiger partial charge in [-0.1, -0.05) is 23.2 Å². The van der Waals surface area contributed by atoms with Gasteiger partial charge in [0.1, 0.15) is 16.4 Å². The van der Waals surface area contributed by atoms with E-state index in [0.29, 0.717) is 22.9 Å². The summed E-state index contributed by atoms with van der Waals surface area (Å²) in [6, 6.07) is 15.3. The summed E-state index contributed by atoms with van der Waals surface area (Å²) in [5.74, 6) is 0.609. The quantitative estimate of drug-likeness (QED) is 0.492. The van der Waals surface area contributed by atoms with Crippen LogP contribution in [0.15, 0.2) is 65.6 Å². The molecule has 0 fully saturated rings. The number of carbonyl (C=O) groups excluding carboxylic acids is 1. The Labute approximate surface area is 189 Å².